The number of likely N-dealkylation sites (tertiary alicyclic amines) is 1. The summed E-state index contributed by atoms with van der Waals surface area (Å²) >= 11 is 6.27. The minimum Gasteiger partial charge on any atom is -0.444 e. The van der Waals surface area contributed by atoms with Crippen LogP contribution in [0.25, 0.3) is 5.69 Å². The molecule has 2 amide bonds. The van der Waals surface area contributed by atoms with E-state index in [9.17, 15) is 9.59 Å². The first-order valence-electron chi connectivity index (χ1n) is 12.3. The number of benzene rings is 2. The molecular formula is C28H33ClN4O3. The van der Waals surface area contributed by atoms with Crippen molar-refractivity contribution < 1.29 is 14.3 Å². The van der Waals surface area contributed by atoms with Gasteiger partial charge in [-0.25, -0.2) is 9.48 Å². The predicted octanol–water partition coefficient (Wildman–Crippen LogP) is 5.88. The minimum atomic E-state index is -0.537. The number of hydrogen-bond donors (Lipinski definition) is 1. The standard InChI is InChI=1S/C28H33ClN4O3/c1-19-9-11-22(12-10-19)33-25(20-13-15-32(16-14-20)27(35)36-28(2,3)4)23(18-31-33)26(34)30-17-21-7-5-6-8-24(21)29/h5-12,18,20H,13-17H2,1-4H3,(H,30,34). The fourth-order valence-electron chi connectivity index (χ4n) is 4.39. The zero-order valence-corrected chi connectivity index (χ0v) is 22.0. The van der Waals surface area contributed by atoms with Crippen LogP contribution in [0.1, 0.15) is 66.7 Å². The summed E-state index contributed by atoms with van der Waals surface area (Å²) in [7, 11) is 0. The van der Waals surface area contributed by atoms with Crippen LogP contribution in [0.3, 0.4) is 0 Å². The Morgan fingerprint density at radius 3 is 2.39 bits per heavy atom. The molecule has 0 unspecified atom stereocenters. The van der Waals surface area contributed by atoms with Crippen molar-refractivity contribution >= 4 is 23.6 Å². The summed E-state index contributed by atoms with van der Waals surface area (Å²) in [4.78, 5) is 27.6. The van der Waals surface area contributed by atoms with Gasteiger partial charge in [-0.05, 0) is 64.3 Å². The Hall–Kier alpha value is -3.32. The van der Waals surface area contributed by atoms with Gasteiger partial charge in [-0.2, -0.15) is 5.10 Å². The molecule has 4 rings (SSSR count). The second-order valence-corrected chi connectivity index (χ2v) is 10.6. The van der Waals surface area contributed by atoms with Crippen LogP contribution in [0.4, 0.5) is 4.79 Å². The van der Waals surface area contributed by atoms with E-state index in [0.717, 1.165) is 22.5 Å². The number of carbonyl (C=O) groups excluding carboxylic acids is 2. The molecule has 0 radical (unpaired) electrons. The number of hydrogen-bond acceptors (Lipinski definition) is 4. The maximum absolute atomic E-state index is 13.3. The first kappa shape index (κ1) is 25.8. The normalized spacial score (nSPS) is 14.5. The van der Waals surface area contributed by atoms with Crippen molar-refractivity contribution in [1.82, 2.24) is 20.0 Å². The van der Waals surface area contributed by atoms with Gasteiger partial charge in [0.25, 0.3) is 5.91 Å². The number of aromatic nitrogens is 2. The van der Waals surface area contributed by atoms with Crippen molar-refractivity contribution in [2.24, 2.45) is 0 Å². The zero-order valence-electron chi connectivity index (χ0n) is 21.3. The van der Waals surface area contributed by atoms with Crippen molar-refractivity contribution in [2.75, 3.05) is 13.1 Å². The minimum absolute atomic E-state index is 0.0635. The molecule has 1 saturated heterocycles. The van der Waals surface area contributed by atoms with Crippen molar-refractivity contribution in [2.45, 2.75) is 58.6 Å². The molecule has 2 heterocycles. The van der Waals surface area contributed by atoms with E-state index in [2.05, 4.69) is 10.4 Å². The van der Waals surface area contributed by atoms with Crippen LogP contribution in [0.15, 0.2) is 54.7 Å². The first-order chi connectivity index (χ1) is 17.1. The van der Waals surface area contributed by atoms with E-state index in [1.165, 1.54) is 0 Å². The average Bonchev–Trinajstić information content (AvgIpc) is 3.28. The summed E-state index contributed by atoms with van der Waals surface area (Å²) in [6, 6.07) is 15.5. The number of nitrogens with zero attached hydrogens (tertiary/aromatic N) is 3. The van der Waals surface area contributed by atoms with Crippen molar-refractivity contribution in [3.63, 3.8) is 0 Å². The maximum Gasteiger partial charge on any atom is 0.410 e. The largest absolute Gasteiger partial charge is 0.444 e. The summed E-state index contributed by atoms with van der Waals surface area (Å²) < 4.78 is 7.41. The monoisotopic (exact) mass is 508 g/mol. The number of ether oxygens (including phenoxy) is 1. The number of carbonyl (C=O) groups is 2. The fourth-order valence-corrected chi connectivity index (χ4v) is 4.59. The smallest absolute Gasteiger partial charge is 0.410 e. The maximum atomic E-state index is 13.3. The van der Waals surface area contributed by atoms with Gasteiger partial charge in [0.05, 0.1) is 23.1 Å². The molecule has 0 aliphatic carbocycles. The molecule has 1 aliphatic rings. The van der Waals surface area contributed by atoms with Crippen LogP contribution in [0.5, 0.6) is 0 Å². The van der Waals surface area contributed by atoms with Crippen LogP contribution in [-0.4, -0.2) is 45.4 Å². The quantitative estimate of drug-likeness (QED) is 0.467. The Morgan fingerprint density at radius 1 is 1.08 bits per heavy atom. The first-order valence-corrected chi connectivity index (χ1v) is 12.6. The van der Waals surface area contributed by atoms with E-state index in [4.69, 9.17) is 16.3 Å². The summed E-state index contributed by atoms with van der Waals surface area (Å²) in [5, 5.41) is 8.23. The molecule has 0 spiro atoms. The molecule has 190 valence electrons. The molecular weight excluding hydrogens is 476 g/mol. The highest BCUT2D eigenvalue weighted by Gasteiger charge is 2.32. The number of piperidine rings is 1. The lowest BCUT2D eigenvalue weighted by molar-refractivity contribution is 0.0203. The lowest BCUT2D eigenvalue weighted by Gasteiger charge is -2.34. The molecule has 7 nitrogen and oxygen atoms in total. The Labute approximate surface area is 217 Å². The van der Waals surface area contributed by atoms with Gasteiger partial charge in [0.1, 0.15) is 5.60 Å². The number of rotatable bonds is 5. The molecule has 1 aliphatic heterocycles. The van der Waals surface area contributed by atoms with Crippen molar-refractivity contribution in [1.29, 1.82) is 0 Å². The highest BCUT2D eigenvalue weighted by molar-refractivity contribution is 6.31. The van der Waals surface area contributed by atoms with Crippen LogP contribution in [-0.2, 0) is 11.3 Å². The van der Waals surface area contributed by atoms with Gasteiger partial charge in [0.2, 0.25) is 0 Å². The Bertz CT molecular complexity index is 1220. The van der Waals surface area contributed by atoms with Crippen molar-refractivity contribution in [3.8, 4) is 5.69 Å². The van der Waals surface area contributed by atoms with Gasteiger partial charge in [-0.15, -0.1) is 0 Å². The molecule has 8 heteroatoms. The van der Waals surface area contributed by atoms with E-state index in [0.29, 0.717) is 43.1 Å². The van der Waals surface area contributed by atoms with Crippen LogP contribution in [0, 0.1) is 6.92 Å². The molecule has 0 bridgehead atoms. The second kappa shape index (κ2) is 10.7. The summed E-state index contributed by atoms with van der Waals surface area (Å²) in [5.41, 5.74) is 3.76. The highest BCUT2D eigenvalue weighted by atomic mass is 35.5. The van der Waals surface area contributed by atoms with E-state index >= 15 is 0 Å². The third kappa shape index (κ3) is 6.08. The van der Waals surface area contributed by atoms with Gasteiger partial charge in [0, 0.05) is 30.6 Å². The van der Waals surface area contributed by atoms with Crippen LogP contribution < -0.4 is 5.32 Å². The third-order valence-corrected chi connectivity index (χ3v) is 6.63. The van der Waals surface area contributed by atoms with Gasteiger partial charge in [-0.3, -0.25) is 4.79 Å². The van der Waals surface area contributed by atoms with Gasteiger partial charge < -0.3 is 15.0 Å². The summed E-state index contributed by atoms with van der Waals surface area (Å²) in [5.74, 6) is -0.133. The number of halogens is 1. The molecule has 2 aromatic carbocycles. The summed E-state index contributed by atoms with van der Waals surface area (Å²) in [6.07, 6.45) is 2.76. The molecule has 1 aromatic heterocycles. The second-order valence-electron chi connectivity index (χ2n) is 10.2. The zero-order chi connectivity index (χ0) is 25.9. The van der Waals surface area contributed by atoms with E-state index < -0.39 is 5.60 Å². The molecule has 0 saturated carbocycles. The lowest BCUT2D eigenvalue weighted by Crippen LogP contribution is -2.41. The fraction of sp³-hybridized carbons (Fsp3) is 0.393. The lowest BCUT2D eigenvalue weighted by atomic mass is 9.90. The van der Waals surface area contributed by atoms with E-state index in [-0.39, 0.29) is 17.9 Å². The van der Waals surface area contributed by atoms with Crippen LogP contribution in [0.2, 0.25) is 5.02 Å². The third-order valence-electron chi connectivity index (χ3n) is 6.26. The van der Waals surface area contributed by atoms with Gasteiger partial charge in [0.15, 0.2) is 0 Å². The van der Waals surface area contributed by atoms with Gasteiger partial charge >= 0.3 is 6.09 Å². The Kier molecular flexibility index (Phi) is 7.69. The number of nitrogens with one attached hydrogen (secondary N) is 1. The summed E-state index contributed by atoms with van der Waals surface area (Å²) in [6.45, 7) is 9.07. The molecule has 1 fully saturated rings. The number of amides is 2. The SMILES string of the molecule is Cc1ccc(-n2ncc(C(=O)NCc3ccccc3Cl)c2C2CCN(C(=O)OC(C)(C)C)CC2)cc1. The molecule has 3 aromatic rings. The predicted molar refractivity (Wildman–Crippen MR) is 141 cm³/mol. The molecule has 1 N–H and O–H groups in total. The van der Waals surface area contributed by atoms with E-state index in [1.54, 1.807) is 11.1 Å². The highest BCUT2D eigenvalue weighted by Crippen LogP contribution is 2.33. The van der Waals surface area contributed by atoms with Crippen molar-refractivity contribution in [3.05, 3.63) is 82.1 Å². The average molecular weight is 509 g/mol. The van der Waals surface area contributed by atoms with Gasteiger partial charge in [-0.1, -0.05) is 47.5 Å². The van der Waals surface area contributed by atoms with E-state index in [1.807, 2.05) is 80.9 Å². The topological polar surface area (TPSA) is 76.5 Å². The Morgan fingerprint density at radius 2 is 1.75 bits per heavy atom. The molecule has 0 atom stereocenters. The molecule has 36 heavy (non-hydrogen) atoms. The van der Waals surface area contributed by atoms with Crippen LogP contribution >= 0.6 is 11.6 Å². The number of aryl methyl sites for hydroxylation is 1. The Balaban J connectivity index is 1.57.